The molecule has 2 aliphatic rings. The third-order valence-electron chi connectivity index (χ3n) is 5.10. The van der Waals surface area contributed by atoms with Crippen molar-refractivity contribution in [2.24, 2.45) is 11.8 Å². The Morgan fingerprint density at radius 1 is 1.38 bits per heavy atom. The number of carbonyl (C=O) groups is 2. The van der Waals surface area contributed by atoms with Gasteiger partial charge in [0.2, 0.25) is 5.91 Å². The molecule has 1 aromatic carbocycles. The zero-order valence-electron chi connectivity index (χ0n) is 12.5. The maximum absolute atomic E-state index is 12.6. The molecule has 4 unspecified atom stereocenters. The Morgan fingerprint density at radius 3 is 2.76 bits per heavy atom. The summed E-state index contributed by atoms with van der Waals surface area (Å²) in [5.41, 5.74) is 2.64. The number of hydrogen-bond donors (Lipinski definition) is 1. The van der Waals surface area contributed by atoms with Crippen molar-refractivity contribution < 1.29 is 14.7 Å². The maximum Gasteiger partial charge on any atom is 0.326 e. The van der Waals surface area contributed by atoms with E-state index in [1.54, 1.807) is 14.0 Å². The van der Waals surface area contributed by atoms with E-state index in [0.717, 1.165) is 12.8 Å². The first-order chi connectivity index (χ1) is 10.1. The highest BCUT2D eigenvalue weighted by Gasteiger charge is 2.58. The third-order valence-corrected chi connectivity index (χ3v) is 5.10. The van der Waals surface area contributed by atoms with E-state index in [1.807, 2.05) is 12.1 Å². The highest BCUT2D eigenvalue weighted by atomic mass is 16.4. The zero-order chi connectivity index (χ0) is 15.1. The number of carbonyl (C=O) groups excluding carboxylic acids is 1. The van der Waals surface area contributed by atoms with Crippen LogP contribution in [0.3, 0.4) is 0 Å². The molecule has 0 radical (unpaired) electrons. The topological polar surface area (TPSA) is 57.6 Å². The molecule has 3 rings (SSSR count). The van der Waals surface area contributed by atoms with Crippen molar-refractivity contribution >= 4 is 11.9 Å². The van der Waals surface area contributed by atoms with Gasteiger partial charge in [0.15, 0.2) is 0 Å². The Morgan fingerprint density at radius 2 is 2.10 bits per heavy atom. The molecule has 1 saturated carbocycles. The smallest absolute Gasteiger partial charge is 0.326 e. The summed E-state index contributed by atoms with van der Waals surface area (Å²) in [7, 11) is 1.63. The van der Waals surface area contributed by atoms with Gasteiger partial charge in [-0.1, -0.05) is 31.2 Å². The van der Waals surface area contributed by atoms with Gasteiger partial charge in [0.05, 0.1) is 0 Å². The average Bonchev–Trinajstić information content (AvgIpc) is 3.21. The minimum Gasteiger partial charge on any atom is -0.480 e. The monoisotopic (exact) mass is 287 g/mol. The number of nitrogens with zero attached hydrogens (tertiary/aromatic N) is 1. The number of aliphatic carboxylic acids is 1. The van der Waals surface area contributed by atoms with Gasteiger partial charge in [-0.2, -0.15) is 0 Å². The molecule has 4 nitrogen and oxygen atoms in total. The van der Waals surface area contributed by atoms with E-state index in [2.05, 4.69) is 12.1 Å². The Labute approximate surface area is 124 Å². The van der Waals surface area contributed by atoms with E-state index in [1.165, 1.54) is 16.0 Å². The summed E-state index contributed by atoms with van der Waals surface area (Å²) in [5.74, 6) is -0.238. The summed E-state index contributed by atoms with van der Waals surface area (Å²) >= 11 is 0. The second-order valence-electron chi connectivity index (χ2n) is 6.16. The van der Waals surface area contributed by atoms with Gasteiger partial charge < -0.3 is 10.0 Å². The molecule has 0 saturated heterocycles. The van der Waals surface area contributed by atoms with E-state index < -0.39 is 12.0 Å². The van der Waals surface area contributed by atoms with Gasteiger partial charge in [-0.05, 0) is 42.2 Å². The highest BCUT2D eigenvalue weighted by Crippen LogP contribution is 2.60. The molecule has 2 aliphatic carbocycles. The van der Waals surface area contributed by atoms with E-state index in [4.69, 9.17) is 0 Å². The summed E-state index contributed by atoms with van der Waals surface area (Å²) in [6.07, 6.45) is 2.51. The van der Waals surface area contributed by atoms with Crippen molar-refractivity contribution in [1.29, 1.82) is 0 Å². The zero-order valence-corrected chi connectivity index (χ0v) is 12.5. The molecular weight excluding hydrogens is 266 g/mol. The van der Waals surface area contributed by atoms with Gasteiger partial charge in [-0.15, -0.1) is 0 Å². The lowest BCUT2D eigenvalue weighted by atomic mass is 9.92. The molecule has 1 fully saturated rings. The third kappa shape index (κ3) is 2.23. The lowest BCUT2D eigenvalue weighted by molar-refractivity contribution is -0.149. The quantitative estimate of drug-likeness (QED) is 0.924. The van der Waals surface area contributed by atoms with E-state index in [-0.39, 0.29) is 11.8 Å². The van der Waals surface area contributed by atoms with Crippen molar-refractivity contribution in [1.82, 2.24) is 4.90 Å². The van der Waals surface area contributed by atoms with Crippen molar-refractivity contribution in [2.45, 2.75) is 38.1 Å². The molecule has 1 N–H and O–H groups in total. The minimum absolute atomic E-state index is 0.00375. The molecule has 112 valence electrons. The Balaban J connectivity index is 1.78. The number of carboxylic acid groups (broad SMARTS) is 1. The molecule has 1 aromatic rings. The maximum atomic E-state index is 12.6. The van der Waals surface area contributed by atoms with Crippen LogP contribution in [0.25, 0.3) is 0 Å². The number of benzene rings is 1. The molecule has 0 aliphatic heterocycles. The summed E-state index contributed by atoms with van der Waals surface area (Å²) in [6.45, 7) is 1.80. The van der Waals surface area contributed by atoms with Crippen molar-refractivity contribution in [3.8, 4) is 0 Å². The summed E-state index contributed by atoms with van der Waals surface area (Å²) in [5, 5.41) is 9.22. The number of hydrogen-bond acceptors (Lipinski definition) is 2. The van der Waals surface area contributed by atoms with Gasteiger partial charge in [-0.3, -0.25) is 4.79 Å². The molecule has 0 bridgehead atoms. The molecule has 0 aromatic heterocycles. The number of likely N-dealkylation sites (N-methyl/N-ethyl adjacent to an activating group) is 1. The molecule has 4 atom stereocenters. The van der Waals surface area contributed by atoms with Crippen LogP contribution < -0.4 is 0 Å². The van der Waals surface area contributed by atoms with Crippen LogP contribution in [0.4, 0.5) is 0 Å². The number of aryl methyl sites for hydroxylation is 1. The molecule has 4 heteroatoms. The Bertz CT molecular complexity index is 583. The van der Waals surface area contributed by atoms with Crippen molar-refractivity contribution in [3.63, 3.8) is 0 Å². The first-order valence-electron chi connectivity index (χ1n) is 7.63. The fourth-order valence-electron chi connectivity index (χ4n) is 3.91. The van der Waals surface area contributed by atoms with E-state index in [0.29, 0.717) is 18.3 Å². The van der Waals surface area contributed by atoms with Crippen LogP contribution in [-0.4, -0.2) is 35.0 Å². The molecule has 1 amide bonds. The first-order valence-corrected chi connectivity index (χ1v) is 7.63. The largest absolute Gasteiger partial charge is 0.480 e. The highest BCUT2D eigenvalue weighted by molar-refractivity contribution is 5.88. The number of rotatable bonds is 4. The first kappa shape index (κ1) is 14.1. The van der Waals surface area contributed by atoms with E-state index >= 15 is 0 Å². The summed E-state index contributed by atoms with van der Waals surface area (Å²) in [4.78, 5) is 25.3. The van der Waals surface area contributed by atoms with Crippen molar-refractivity contribution in [2.75, 3.05) is 7.05 Å². The Kier molecular flexibility index (Phi) is 3.47. The van der Waals surface area contributed by atoms with Gasteiger partial charge in [0.1, 0.15) is 6.04 Å². The average molecular weight is 287 g/mol. The number of fused-ring (bicyclic) bond motifs is 3. The number of amides is 1. The van der Waals surface area contributed by atoms with Gasteiger partial charge in [0, 0.05) is 13.0 Å². The lowest BCUT2D eigenvalue weighted by Crippen LogP contribution is -2.43. The molecular formula is C17H21NO3. The summed E-state index contributed by atoms with van der Waals surface area (Å²) < 4.78 is 0. The van der Waals surface area contributed by atoms with Gasteiger partial charge >= 0.3 is 5.97 Å². The van der Waals surface area contributed by atoms with Gasteiger partial charge in [-0.25, -0.2) is 4.79 Å². The predicted octanol–water partition coefficient (Wildman–Crippen LogP) is 2.28. The lowest BCUT2D eigenvalue weighted by Gasteiger charge is -2.24. The minimum atomic E-state index is -0.919. The van der Waals surface area contributed by atoms with Crippen LogP contribution >= 0.6 is 0 Å². The van der Waals surface area contributed by atoms with Gasteiger partial charge in [0.25, 0.3) is 0 Å². The fraction of sp³-hybridized carbons (Fsp3) is 0.529. The second kappa shape index (κ2) is 5.17. The Hall–Kier alpha value is -1.84. The number of carboxylic acids is 1. The van der Waals surface area contributed by atoms with Crippen LogP contribution in [0, 0.1) is 11.8 Å². The van der Waals surface area contributed by atoms with Crippen LogP contribution in [0.15, 0.2) is 24.3 Å². The van der Waals surface area contributed by atoms with E-state index in [9.17, 15) is 14.7 Å². The standard InChI is InChI=1S/C17H21NO3/c1-3-13(17(20)21)18(2)16(19)15-12-9-8-10-6-4-5-7-11(10)14(12)15/h4-7,12-15H,3,8-9H2,1-2H3,(H,20,21). The van der Waals surface area contributed by atoms with Crippen LogP contribution in [0.1, 0.15) is 36.8 Å². The fourth-order valence-corrected chi connectivity index (χ4v) is 3.91. The normalized spacial score (nSPS) is 27.2. The second-order valence-corrected chi connectivity index (χ2v) is 6.16. The van der Waals surface area contributed by atoms with Crippen LogP contribution in [0.5, 0.6) is 0 Å². The predicted molar refractivity (Wildman–Crippen MR) is 79.0 cm³/mol. The van der Waals surface area contributed by atoms with Crippen molar-refractivity contribution in [3.05, 3.63) is 35.4 Å². The SMILES string of the molecule is CCC(C(=O)O)N(C)C(=O)C1C2CCc3ccccc3C21. The summed E-state index contributed by atoms with van der Waals surface area (Å²) in [6, 6.07) is 7.61. The molecule has 0 heterocycles. The van der Waals surface area contributed by atoms with Crippen LogP contribution in [0.2, 0.25) is 0 Å². The van der Waals surface area contributed by atoms with Crippen LogP contribution in [-0.2, 0) is 16.0 Å². The molecule has 21 heavy (non-hydrogen) atoms. The molecule has 0 spiro atoms.